The molecule has 1 fully saturated rings. The molecule has 4 rings (SSSR count). The molecule has 1 aromatic heterocycles. The normalized spacial score (nSPS) is 20.9. The smallest absolute Gasteiger partial charge is 0.329 e. The van der Waals surface area contributed by atoms with Gasteiger partial charge < -0.3 is 20.1 Å². The maximum Gasteiger partial charge on any atom is 0.329 e. The molecule has 0 radical (unpaired) electrons. The highest BCUT2D eigenvalue weighted by atomic mass is 16.5. The molecule has 1 saturated carbocycles. The molecule has 3 N–H and O–H groups in total. The fourth-order valence-corrected chi connectivity index (χ4v) is 4.09. The van der Waals surface area contributed by atoms with E-state index in [9.17, 15) is 14.7 Å². The van der Waals surface area contributed by atoms with E-state index >= 15 is 0 Å². The maximum atomic E-state index is 12.6. The van der Waals surface area contributed by atoms with Gasteiger partial charge in [-0.2, -0.15) is 0 Å². The van der Waals surface area contributed by atoms with Crippen LogP contribution in [-0.2, 0) is 20.7 Å². The average Bonchev–Trinajstić information content (AvgIpc) is 3.08. The van der Waals surface area contributed by atoms with Crippen LogP contribution >= 0.6 is 0 Å². The Labute approximate surface area is 168 Å². The van der Waals surface area contributed by atoms with Crippen LogP contribution in [0.5, 0.6) is 0 Å². The SMILES string of the molecule is COC1CC(NC(=O)CCc2c(-c3ccccc3)[nH]c3ccccc23)(C(=O)O)C1. The summed E-state index contributed by atoms with van der Waals surface area (Å²) in [6.45, 7) is 0. The van der Waals surface area contributed by atoms with E-state index in [0.717, 1.165) is 27.7 Å². The van der Waals surface area contributed by atoms with E-state index in [1.807, 2.05) is 54.6 Å². The van der Waals surface area contributed by atoms with Crippen molar-refractivity contribution in [3.63, 3.8) is 0 Å². The van der Waals surface area contributed by atoms with Crippen molar-refractivity contribution in [1.82, 2.24) is 10.3 Å². The van der Waals surface area contributed by atoms with E-state index in [0.29, 0.717) is 19.3 Å². The molecule has 1 aliphatic rings. The molecule has 0 unspecified atom stereocenters. The molecule has 2 aromatic carbocycles. The summed E-state index contributed by atoms with van der Waals surface area (Å²) in [5.74, 6) is -1.26. The van der Waals surface area contributed by atoms with E-state index in [2.05, 4.69) is 10.3 Å². The second-order valence-electron chi connectivity index (χ2n) is 7.59. The van der Waals surface area contributed by atoms with Crippen LogP contribution in [0.15, 0.2) is 54.6 Å². The lowest BCUT2D eigenvalue weighted by molar-refractivity contribution is -0.159. The molecular weight excluding hydrogens is 368 g/mol. The predicted octanol–water partition coefficient (Wildman–Crippen LogP) is 3.52. The fourth-order valence-electron chi connectivity index (χ4n) is 4.09. The molecule has 0 atom stereocenters. The largest absolute Gasteiger partial charge is 0.480 e. The Hall–Kier alpha value is -3.12. The number of aliphatic carboxylic acids is 1. The molecule has 0 spiro atoms. The highest BCUT2D eigenvalue weighted by Crippen LogP contribution is 2.35. The third kappa shape index (κ3) is 3.63. The van der Waals surface area contributed by atoms with Crippen LogP contribution in [0.2, 0.25) is 0 Å². The minimum Gasteiger partial charge on any atom is -0.480 e. The molecule has 6 heteroatoms. The van der Waals surface area contributed by atoms with Crippen molar-refractivity contribution in [2.75, 3.05) is 7.11 Å². The summed E-state index contributed by atoms with van der Waals surface area (Å²) in [6.07, 6.45) is 1.21. The Morgan fingerprint density at radius 3 is 2.52 bits per heavy atom. The van der Waals surface area contributed by atoms with Gasteiger partial charge >= 0.3 is 5.97 Å². The number of ether oxygens (including phenoxy) is 1. The first kappa shape index (κ1) is 19.2. The lowest BCUT2D eigenvalue weighted by Gasteiger charge is -2.43. The molecule has 0 aliphatic heterocycles. The number of fused-ring (bicyclic) bond motifs is 1. The Balaban J connectivity index is 1.54. The lowest BCUT2D eigenvalue weighted by atomic mass is 9.74. The summed E-state index contributed by atoms with van der Waals surface area (Å²) in [5.41, 5.74) is 2.93. The number of nitrogens with one attached hydrogen (secondary N) is 2. The number of aryl methyl sites for hydroxylation is 1. The minimum absolute atomic E-state index is 0.121. The van der Waals surface area contributed by atoms with Crippen molar-refractivity contribution < 1.29 is 19.4 Å². The van der Waals surface area contributed by atoms with Crippen LogP contribution in [0, 0.1) is 0 Å². The molecule has 1 amide bonds. The zero-order valence-electron chi connectivity index (χ0n) is 16.3. The molecule has 150 valence electrons. The van der Waals surface area contributed by atoms with Gasteiger partial charge in [-0.15, -0.1) is 0 Å². The van der Waals surface area contributed by atoms with E-state index in [-0.39, 0.29) is 18.4 Å². The number of benzene rings is 2. The summed E-state index contributed by atoms with van der Waals surface area (Å²) in [4.78, 5) is 27.7. The fraction of sp³-hybridized carbons (Fsp3) is 0.304. The Kier molecular flexibility index (Phi) is 5.11. The van der Waals surface area contributed by atoms with Gasteiger partial charge in [0.2, 0.25) is 5.91 Å². The van der Waals surface area contributed by atoms with E-state index < -0.39 is 11.5 Å². The van der Waals surface area contributed by atoms with Gasteiger partial charge in [-0.3, -0.25) is 4.79 Å². The third-order valence-electron chi connectivity index (χ3n) is 5.75. The highest BCUT2D eigenvalue weighted by molar-refractivity contribution is 5.92. The van der Waals surface area contributed by atoms with Gasteiger partial charge in [0.25, 0.3) is 0 Å². The van der Waals surface area contributed by atoms with Gasteiger partial charge in [-0.25, -0.2) is 4.79 Å². The summed E-state index contributed by atoms with van der Waals surface area (Å²) in [6, 6.07) is 18.0. The first-order chi connectivity index (χ1) is 14.0. The van der Waals surface area contributed by atoms with Gasteiger partial charge in [0.15, 0.2) is 0 Å². The number of methoxy groups -OCH3 is 1. The number of hydrogen-bond acceptors (Lipinski definition) is 3. The van der Waals surface area contributed by atoms with E-state index in [4.69, 9.17) is 4.74 Å². The van der Waals surface area contributed by atoms with Gasteiger partial charge in [0, 0.05) is 43.0 Å². The monoisotopic (exact) mass is 392 g/mol. The molecule has 29 heavy (non-hydrogen) atoms. The summed E-state index contributed by atoms with van der Waals surface area (Å²) in [7, 11) is 1.56. The Bertz CT molecular complexity index is 1040. The zero-order valence-corrected chi connectivity index (χ0v) is 16.3. The lowest BCUT2D eigenvalue weighted by Crippen LogP contribution is -2.64. The van der Waals surface area contributed by atoms with Crippen LogP contribution < -0.4 is 5.32 Å². The number of H-pyrrole nitrogens is 1. The van der Waals surface area contributed by atoms with Gasteiger partial charge in [0.1, 0.15) is 5.54 Å². The minimum atomic E-state index is -1.21. The second kappa shape index (κ2) is 7.72. The molecule has 3 aromatic rings. The van der Waals surface area contributed by atoms with E-state index in [1.165, 1.54) is 0 Å². The number of carbonyl (C=O) groups is 2. The summed E-state index contributed by atoms with van der Waals surface area (Å²) >= 11 is 0. The molecular formula is C23H24N2O4. The van der Waals surface area contributed by atoms with Crippen LogP contribution in [0.4, 0.5) is 0 Å². The van der Waals surface area contributed by atoms with Crippen molar-refractivity contribution in [3.05, 3.63) is 60.2 Å². The topological polar surface area (TPSA) is 91.4 Å². The Morgan fingerprint density at radius 2 is 1.83 bits per heavy atom. The van der Waals surface area contributed by atoms with Crippen molar-refractivity contribution in [1.29, 1.82) is 0 Å². The number of aromatic nitrogens is 1. The molecule has 1 heterocycles. The highest BCUT2D eigenvalue weighted by Gasteiger charge is 2.51. The molecule has 1 aliphatic carbocycles. The molecule has 6 nitrogen and oxygen atoms in total. The number of rotatable bonds is 7. The van der Waals surface area contributed by atoms with Gasteiger partial charge in [0.05, 0.1) is 6.10 Å². The number of carboxylic acids is 1. The first-order valence-electron chi connectivity index (χ1n) is 9.74. The molecule has 0 saturated heterocycles. The van der Waals surface area contributed by atoms with Crippen molar-refractivity contribution >= 4 is 22.8 Å². The van der Waals surface area contributed by atoms with Crippen LogP contribution in [0.1, 0.15) is 24.8 Å². The number of aromatic amines is 1. The van der Waals surface area contributed by atoms with E-state index in [1.54, 1.807) is 7.11 Å². The quantitative estimate of drug-likeness (QED) is 0.574. The van der Waals surface area contributed by atoms with Crippen molar-refractivity contribution in [2.45, 2.75) is 37.3 Å². The number of carboxylic acid groups (broad SMARTS) is 1. The summed E-state index contributed by atoms with van der Waals surface area (Å²) < 4.78 is 5.19. The standard InChI is InChI=1S/C23H24N2O4/c1-29-16-13-23(14-16,22(27)28)25-20(26)12-11-18-17-9-5-6-10-19(17)24-21(18)15-7-3-2-4-8-15/h2-10,16,24H,11-14H2,1H3,(H,25,26)(H,27,28). The van der Waals surface area contributed by atoms with Gasteiger partial charge in [-0.05, 0) is 23.6 Å². The van der Waals surface area contributed by atoms with Crippen molar-refractivity contribution in [3.8, 4) is 11.3 Å². The number of amides is 1. The van der Waals surface area contributed by atoms with Crippen molar-refractivity contribution in [2.24, 2.45) is 0 Å². The zero-order chi connectivity index (χ0) is 20.4. The number of carbonyl (C=O) groups excluding carboxylic acids is 1. The first-order valence-corrected chi connectivity index (χ1v) is 9.74. The summed E-state index contributed by atoms with van der Waals surface area (Å²) in [5, 5.41) is 13.4. The average molecular weight is 392 g/mol. The number of para-hydroxylation sites is 1. The van der Waals surface area contributed by atoms with Crippen LogP contribution in [0.25, 0.3) is 22.2 Å². The number of hydrogen-bond donors (Lipinski definition) is 3. The van der Waals surface area contributed by atoms with Crippen LogP contribution in [0.3, 0.4) is 0 Å². The third-order valence-corrected chi connectivity index (χ3v) is 5.75. The van der Waals surface area contributed by atoms with Crippen LogP contribution in [-0.4, -0.2) is 40.7 Å². The second-order valence-corrected chi connectivity index (χ2v) is 7.59. The molecule has 0 bridgehead atoms. The van der Waals surface area contributed by atoms with Gasteiger partial charge in [-0.1, -0.05) is 48.5 Å². The maximum absolute atomic E-state index is 12.6. The predicted molar refractivity (Wildman–Crippen MR) is 111 cm³/mol. The Morgan fingerprint density at radius 1 is 1.14 bits per heavy atom.